The van der Waals surface area contributed by atoms with Crippen molar-refractivity contribution in [3.05, 3.63) is 12.2 Å². The van der Waals surface area contributed by atoms with Gasteiger partial charge in [-0.1, -0.05) is 81.4 Å². The van der Waals surface area contributed by atoms with Crippen LogP contribution in [-0.4, -0.2) is 83.5 Å². The van der Waals surface area contributed by atoms with Gasteiger partial charge in [-0.3, -0.25) is 19.2 Å². The number of fused-ring (bicyclic) bond motifs is 7. The second kappa shape index (κ2) is 14.6. The molecule has 8 rings (SSSR count). The Bertz CT molecular complexity index is 1780. The Hall–Kier alpha value is -2.42. The molecule has 1 heterocycles. The first-order valence-corrected chi connectivity index (χ1v) is 24.3. The fraction of sp³-hybridized carbons (Fsp3) is 0.882. The number of nitrogens with one attached hydrogen (secondary N) is 1. The predicted molar refractivity (Wildman–Crippen MR) is 234 cm³/mol. The summed E-state index contributed by atoms with van der Waals surface area (Å²) in [6.45, 7) is 34.2. The molecule has 8 fully saturated rings. The second-order valence-electron chi connectivity index (χ2n) is 24.5. The van der Waals surface area contributed by atoms with Crippen LogP contribution in [0.3, 0.4) is 0 Å². The normalized spacial score (nSPS) is 46.2. The number of carboxylic acids is 1. The van der Waals surface area contributed by atoms with Gasteiger partial charge in [0, 0.05) is 43.6 Å². The van der Waals surface area contributed by atoms with Crippen LogP contribution in [0.1, 0.15) is 153 Å². The van der Waals surface area contributed by atoms with Gasteiger partial charge in [-0.25, -0.2) is 0 Å². The van der Waals surface area contributed by atoms with E-state index in [1.54, 1.807) is 0 Å². The maximum atomic E-state index is 15.1. The van der Waals surface area contributed by atoms with Gasteiger partial charge in [0.1, 0.15) is 6.10 Å². The molecule has 0 radical (unpaired) electrons. The lowest BCUT2D eigenvalue weighted by molar-refractivity contribution is -0.251. The Kier molecular flexibility index (Phi) is 10.7. The van der Waals surface area contributed by atoms with E-state index in [2.05, 4.69) is 84.0 Å². The van der Waals surface area contributed by atoms with Crippen LogP contribution in [0.4, 0.5) is 0 Å². The summed E-state index contributed by atoms with van der Waals surface area (Å²) in [5.41, 5.74) is 0.0924. The number of hydrogen-bond acceptors (Lipinski definition) is 6. The molecule has 336 valence electrons. The van der Waals surface area contributed by atoms with Gasteiger partial charge in [0.25, 0.3) is 0 Å². The number of allylic oxidation sites excluding steroid dienone is 1. The largest absolute Gasteiger partial charge is 0.481 e. The topological polar surface area (TPSA) is 116 Å². The van der Waals surface area contributed by atoms with Crippen molar-refractivity contribution < 1.29 is 29.0 Å². The van der Waals surface area contributed by atoms with E-state index in [9.17, 15) is 19.5 Å². The Labute approximate surface area is 362 Å². The molecule has 14 atom stereocenters. The van der Waals surface area contributed by atoms with Gasteiger partial charge in [0.05, 0.1) is 17.3 Å². The summed E-state index contributed by atoms with van der Waals surface area (Å²) >= 11 is 0. The third-order valence-electron chi connectivity index (χ3n) is 21.6. The highest BCUT2D eigenvalue weighted by atomic mass is 16.5. The van der Waals surface area contributed by atoms with Crippen LogP contribution in [0.5, 0.6) is 0 Å². The molecule has 2 amide bonds. The van der Waals surface area contributed by atoms with Gasteiger partial charge >= 0.3 is 11.9 Å². The van der Waals surface area contributed by atoms with Gasteiger partial charge in [0.15, 0.2) is 0 Å². The summed E-state index contributed by atoms with van der Waals surface area (Å²) in [5.74, 6) is 0.592. The molecular formula is C51H81N3O6. The standard InChI is InChI=1S/C51H81N3O6/c1-13-53-24-26-54(27-25-53)41(55)33-29-38(46(33,6)7)52-44(59)51-21-16-31(30(2)3)40(51)32-14-15-37-48(10)19-18-39(60-43(58)35-28-34(42(56)57)45(35,4)5)47(8,9)36(48)17-20-50(37,12)49(32,11)22-23-51/h31-40H,2,13-29H2,1,3-12H3,(H,52,59)(H,56,57)/t31-,32+,33-,34+,35-,36-,37+,38-,39-,40+,48-,49+,50+,51-/m0/s1. The van der Waals surface area contributed by atoms with Crippen LogP contribution in [0.25, 0.3) is 0 Å². The maximum Gasteiger partial charge on any atom is 0.309 e. The van der Waals surface area contributed by atoms with Crippen LogP contribution < -0.4 is 5.32 Å². The number of carbonyl (C=O) groups is 4. The van der Waals surface area contributed by atoms with Crippen molar-refractivity contribution in [2.75, 3.05) is 32.7 Å². The number of nitrogens with zero attached hydrogens (tertiary/aromatic N) is 2. The monoisotopic (exact) mass is 832 g/mol. The average molecular weight is 832 g/mol. The van der Waals surface area contributed by atoms with Crippen molar-refractivity contribution in [1.29, 1.82) is 0 Å². The van der Waals surface area contributed by atoms with Crippen molar-refractivity contribution >= 4 is 23.8 Å². The van der Waals surface area contributed by atoms with E-state index >= 15 is 4.79 Å². The fourth-order valence-electron chi connectivity index (χ4n) is 17.1. The zero-order valence-corrected chi connectivity index (χ0v) is 39.4. The van der Waals surface area contributed by atoms with Crippen LogP contribution in [0.2, 0.25) is 0 Å². The average Bonchev–Trinajstić information content (AvgIpc) is 3.58. The first-order chi connectivity index (χ1) is 27.9. The Morgan fingerprint density at radius 1 is 0.717 bits per heavy atom. The van der Waals surface area contributed by atoms with Crippen LogP contribution in [0.15, 0.2) is 12.2 Å². The van der Waals surface area contributed by atoms with Crippen molar-refractivity contribution in [2.45, 2.75) is 165 Å². The number of ether oxygens (including phenoxy) is 1. The van der Waals surface area contributed by atoms with Gasteiger partial charge in [-0.05, 0) is 147 Å². The summed E-state index contributed by atoms with van der Waals surface area (Å²) in [6.07, 6.45) is 11.3. The van der Waals surface area contributed by atoms with E-state index in [0.29, 0.717) is 30.1 Å². The number of esters is 1. The summed E-state index contributed by atoms with van der Waals surface area (Å²) < 4.78 is 6.46. The number of rotatable bonds is 8. The number of likely N-dealkylation sites (N-methyl/N-ethyl adjacent to an activating group) is 1. The van der Waals surface area contributed by atoms with Crippen molar-refractivity contribution in [3.63, 3.8) is 0 Å². The molecule has 0 bridgehead atoms. The van der Waals surface area contributed by atoms with Gasteiger partial charge in [-0.15, -0.1) is 0 Å². The molecule has 1 saturated heterocycles. The minimum Gasteiger partial charge on any atom is -0.481 e. The van der Waals surface area contributed by atoms with Crippen molar-refractivity contribution in [2.24, 2.45) is 85.2 Å². The zero-order valence-electron chi connectivity index (χ0n) is 39.4. The third-order valence-corrected chi connectivity index (χ3v) is 21.6. The van der Waals surface area contributed by atoms with E-state index in [0.717, 1.165) is 96.9 Å². The highest BCUT2D eigenvalue weighted by Crippen LogP contribution is 2.78. The van der Waals surface area contributed by atoms with E-state index in [4.69, 9.17) is 4.74 Å². The van der Waals surface area contributed by atoms with Gasteiger partial charge in [-0.2, -0.15) is 0 Å². The molecule has 60 heavy (non-hydrogen) atoms. The summed E-state index contributed by atoms with van der Waals surface area (Å²) in [4.78, 5) is 58.9. The smallest absolute Gasteiger partial charge is 0.309 e. The summed E-state index contributed by atoms with van der Waals surface area (Å²) in [5, 5.41) is 13.4. The Balaban J connectivity index is 0.986. The fourth-order valence-corrected chi connectivity index (χ4v) is 17.1. The molecule has 0 unspecified atom stereocenters. The Morgan fingerprint density at radius 2 is 1.40 bits per heavy atom. The lowest BCUT2D eigenvalue weighted by atomic mass is 9.32. The van der Waals surface area contributed by atoms with E-state index in [-0.39, 0.29) is 74.8 Å². The predicted octanol–water partition coefficient (Wildman–Crippen LogP) is 9.00. The van der Waals surface area contributed by atoms with Crippen LogP contribution in [-0.2, 0) is 23.9 Å². The SMILES string of the molecule is C=C(C)[C@@H]1CC[C@]2(C(=O)N[C@H]3C[C@@H](C(=O)N4CCN(CC)CC4)C3(C)C)CC[C@]3(C)[C@H](CC[C@@H]4[C@@]5(C)CC[C@H](OC(=O)[C@@H]6C[C@H](C(=O)O)C6(C)C)C(C)(C)[C@@H]5CC[C@]43C)[C@@H]12. The van der Waals surface area contributed by atoms with Crippen LogP contribution >= 0.6 is 0 Å². The minimum absolute atomic E-state index is 0.00574. The molecular weight excluding hydrogens is 751 g/mol. The molecule has 0 aromatic rings. The van der Waals surface area contributed by atoms with E-state index in [1.807, 2.05) is 13.8 Å². The highest BCUT2D eigenvalue weighted by Gasteiger charge is 2.72. The number of carbonyl (C=O) groups excluding carboxylic acids is 3. The molecule has 8 aliphatic rings. The minimum atomic E-state index is -0.821. The molecule has 0 spiro atoms. The zero-order chi connectivity index (χ0) is 43.7. The molecule has 0 aromatic heterocycles. The van der Waals surface area contributed by atoms with Crippen molar-refractivity contribution in [3.8, 4) is 0 Å². The molecule has 9 heteroatoms. The first kappa shape index (κ1) is 44.2. The molecule has 7 aliphatic carbocycles. The highest BCUT2D eigenvalue weighted by molar-refractivity contribution is 5.86. The first-order valence-electron chi connectivity index (χ1n) is 24.3. The van der Waals surface area contributed by atoms with Gasteiger partial charge in [0.2, 0.25) is 11.8 Å². The van der Waals surface area contributed by atoms with Gasteiger partial charge < -0.3 is 25.0 Å². The summed E-state index contributed by atoms with van der Waals surface area (Å²) in [7, 11) is 0. The quantitative estimate of drug-likeness (QED) is 0.185. The third kappa shape index (κ3) is 6.11. The van der Waals surface area contributed by atoms with Crippen LogP contribution in [0, 0.1) is 85.2 Å². The molecule has 0 aromatic carbocycles. The number of piperazine rings is 1. The molecule has 1 aliphatic heterocycles. The number of hydrogen-bond donors (Lipinski definition) is 2. The molecule has 9 nitrogen and oxygen atoms in total. The van der Waals surface area contributed by atoms with E-state index < -0.39 is 22.7 Å². The number of aliphatic carboxylic acids is 1. The maximum absolute atomic E-state index is 15.1. The summed E-state index contributed by atoms with van der Waals surface area (Å²) in [6, 6.07) is 0.00574. The lowest BCUT2D eigenvalue weighted by Crippen LogP contribution is -2.69. The molecule has 2 N–H and O–H groups in total. The lowest BCUT2D eigenvalue weighted by Gasteiger charge is -2.73. The second-order valence-corrected chi connectivity index (χ2v) is 24.5. The molecule has 7 saturated carbocycles. The van der Waals surface area contributed by atoms with Crippen molar-refractivity contribution in [1.82, 2.24) is 15.1 Å². The number of carboxylic acid groups (broad SMARTS) is 1. The number of amides is 2. The van der Waals surface area contributed by atoms with E-state index in [1.165, 1.54) is 12.0 Å². The Morgan fingerprint density at radius 3 is 2.00 bits per heavy atom.